The predicted molar refractivity (Wildman–Crippen MR) is 60.9 cm³/mol. The molecule has 1 aromatic heterocycles. The Morgan fingerprint density at radius 3 is 2.60 bits per heavy atom. The summed E-state index contributed by atoms with van der Waals surface area (Å²) in [5.74, 6) is 0. The van der Waals surface area contributed by atoms with Crippen LogP contribution in [-0.2, 0) is 0 Å². The van der Waals surface area contributed by atoms with E-state index in [1.807, 2.05) is 19.9 Å². The Bertz CT molecular complexity index is 554. The lowest BCUT2D eigenvalue weighted by Crippen LogP contribution is -2.14. The van der Waals surface area contributed by atoms with Gasteiger partial charge in [0.15, 0.2) is 0 Å². The normalized spacial score (nSPS) is 10.6. The molecule has 0 aliphatic rings. The summed E-state index contributed by atoms with van der Waals surface area (Å²) in [7, 11) is 0. The van der Waals surface area contributed by atoms with Crippen molar-refractivity contribution < 1.29 is 0 Å². The van der Waals surface area contributed by atoms with Gasteiger partial charge in [0.05, 0.1) is 5.69 Å². The van der Waals surface area contributed by atoms with Crippen LogP contribution in [0.3, 0.4) is 0 Å². The van der Waals surface area contributed by atoms with Crippen molar-refractivity contribution in [1.82, 2.24) is 9.78 Å². The maximum absolute atomic E-state index is 11.6. The highest BCUT2D eigenvalue weighted by molar-refractivity contribution is 6.30. The molecule has 0 spiro atoms. The molecule has 1 aromatic carbocycles. The number of aromatic amines is 1. The van der Waals surface area contributed by atoms with Crippen molar-refractivity contribution in [3.8, 4) is 5.69 Å². The Kier molecular flexibility index (Phi) is 2.40. The Balaban J connectivity index is 2.68. The van der Waals surface area contributed by atoms with Gasteiger partial charge in [-0.05, 0) is 31.5 Å². The molecule has 78 valence electrons. The van der Waals surface area contributed by atoms with E-state index in [4.69, 9.17) is 11.6 Å². The Morgan fingerprint density at radius 1 is 1.27 bits per heavy atom. The third kappa shape index (κ3) is 1.83. The minimum absolute atomic E-state index is 0.0714. The van der Waals surface area contributed by atoms with E-state index in [2.05, 4.69) is 5.10 Å². The van der Waals surface area contributed by atoms with Crippen molar-refractivity contribution in [1.29, 1.82) is 0 Å². The first-order valence-electron chi connectivity index (χ1n) is 4.63. The molecule has 3 nitrogen and oxygen atoms in total. The number of nitrogens with zero attached hydrogens (tertiary/aromatic N) is 1. The minimum atomic E-state index is -0.0714. The molecule has 0 aliphatic heterocycles. The highest BCUT2D eigenvalue weighted by Gasteiger charge is 2.05. The molecule has 15 heavy (non-hydrogen) atoms. The molecule has 0 fully saturated rings. The second-order valence-corrected chi connectivity index (χ2v) is 3.98. The molecule has 0 unspecified atom stereocenters. The fourth-order valence-electron chi connectivity index (χ4n) is 1.52. The SMILES string of the molecule is Cc1cc(=O)n(-c2cc(Cl)ccc2C)[nH]1. The number of benzene rings is 1. The van der Waals surface area contributed by atoms with Crippen LogP contribution in [0.4, 0.5) is 0 Å². The second kappa shape index (κ2) is 3.59. The van der Waals surface area contributed by atoms with Gasteiger partial charge in [0.1, 0.15) is 0 Å². The van der Waals surface area contributed by atoms with Crippen molar-refractivity contribution >= 4 is 11.6 Å². The van der Waals surface area contributed by atoms with Crippen LogP contribution >= 0.6 is 11.6 Å². The van der Waals surface area contributed by atoms with Gasteiger partial charge in [0, 0.05) is 16.8 Å². The summed E-state index contributed by atoms with van der Waals surface area (Å²) in [6.07, 6.45) is 0. The van der Waals surface area contributed by atoms with E-state index in [-0.39, 0.29) is 5.56 Å². The van der Waals surface area contributed by atoms with Crippen molar-refractivity contribution in [2.45, 2.75) is 13.8 Å². The first kappa shape index (κ1) is 10.1. The van der Waals surface area contributed by atoms with Crippen molar-refractivity contribution in [2.24, 2.45) is 0 Å². The van der Waals surface area contributed by atoms with Gasteiger partial charge >= 0.3 is 0 Å². The Hall–Kier alpha value is -1.48. The maximum atomic E-state index is 11.6. The van der Waals surface area contributed by atoms with Crippen LogP contribution in [0.2, 0.25) is 5.02 Å². The summed E-state index contributed by atoms with van der Waals surface area (Å²) in [5, 5.41) is 3.59. The van der Waals surface area contributed by atoms with Crippen LogP contribution in [0.1, 0.15) is 11.3 Å². The lowest BCUT2D eigenvalue weighted by atomic mass is 10.2. The summed E-state index contributed by atoms with van der Waals surface area (Å²) < 4.78 is 1.50. The lowest BCUT2D eigenvalue weighted by Gasteiger charge is -2.06. The molecular weight excluding hydrogens is 212 g/mol. The second-order valence-electron chi connectivity index (χ2n) is 3.54. The number of halogens is 1. The van der Waals surface area contributed by atoms with E-state index >= 15 is 0 Å². The molecule has 1 heterocycles. The molecular formula is C11H11ClN2O. The number of aromatic nitrogens is 2. The number of nitrogens with one attached hydrogen (secondary N) is 1. The molecule has 0 saturated heterocycles. The fourth-order valence-corrected chi connectivity index (χ4v) is 1.68. The lowest BCUT2D eigenvalue weighted by molar-refractivity contribution is 0.829. The van der Waals surface area contributed by atoms with E-state index in [1.165, 1.54) is 4.68 Å². The van der Waals surface area contributed by atoms with Gasteiger partial charge in [-0.1, -0.05) is 17.7 Å². The van der Waals surface area contributed by atoms with Crippen LogP contribution in [0.25, 0.3) is 5.69 Å². The van der Waals surface area contributed by atoms with Crippen molar-refractivity contribution in [3.05, 3.63) is 50.9 Å². The first-order chi connectivity index (χ1) is 7.08. The summed E-state index contributed by atoms with van der Waals surface area (Å²) >= 11 is 5.90. The molecule has 4 heteroatoms. The zero-order valence-electron chi connectivity index (χ0n) is 8.54. The highest BCUT2D eigenvalue weighted by Crippen LogP contribution is 2.17. The molecule has 0 atom stereocenters. The molecule has 0 radical (unpaired) electrons. The van der Waals surface area contributed by atoms with Gasteiger partial charge in [0.25, 0.3) is 5.56 Å². The smallest absolute Gasteiger partial charge is 0.271 e. The number of H-pyrrole nitrogens is 1. The largest absolute Gasteiger partial charge is 0.295 e. The van der Waals surface area contributed by atoms with Gasteiger partial charge in [-0.2, -0.15) is 0 Å². The third-order valence-corrected chi connectivity index (χ3v) is 2.50. The predicted octanol–water partition coefficient (Wildman–Crippen LogP) is 2.44. The number of hydrogen-bond donors (Lipinski definition) is 1. The van der Waals surface area contributed by atoms with E-state index < -0.39 is 0 Å². The monoisotopic (exact) mass is 222 g/mol. The Morgan fingerprint density at radius 2 is 2.00 bits per heavy atom. The quantitative estimate of drug-likeness (QED) is 0.791. The van der Waals surface area contributed by atoms with Gasteiger partial charge in [-0.3, -0.25) is 9.89 Å². The zero-order chi connectivity index (χ0) is 11.0. The highest BCUT2D eigenvalue weighted by atomic mass is 35.5. The number of aryl methyl sites for hydroxylation is 2. The first-order valence-corrected chi connectivity index (χ1v) is 5.01. The van der Waals surface area contributed by atoms with Gasteiger partial charge in [-0.25, -0.2) is 4.68 Å². The van der Waals surface area contributed by atoms with E-state index in [0.717, 1.165) is 16.9 Å². The topological polar surface area (TPSA) is 37.8 Å². The van der Waals surface area contributed by atoms with Crippen LogP contribution < -0.4 is 5.56 Å². The molecule has 0 amide bonds. The Labute approximate surface area is 92.3 Å². The van der Waals surface area contributed by atoms with Gasteiger partial charge < -0.3 is 0 Å². The maximum Gasteiger partial charge on any atom is 0.271 e. The summed E-state index contributed by atoms with van der Waals surface area (Å²) in [4.78, 5) is 11.6. The fraction of sp³-hybridized carbons (Fsp3) is 0.182. The summed E-state index contributed by atoms with van der Waals surface area (Å²) in [6.45, 7) is 3.78. The van der Waals surface area contributed by atoms with Crippen LogP contribution in [-0.4, -0.2) is 9.78 Å². The standard InChI is InChI=1S/C11H11ClN2O/c1-7-3-4-9(12)6-10(7)14-11(15)5-8(2)13-14/h3-6,13H,1-2H3. The number of hydrogen-bond acceptors (Lipinski definition) is 1. The zero-order valence-corrected chi connectivity index (χ0v) is 9.30. The average Bonchev–Trinajstić information content (AvgIpc) is 2.50. The van der Waals surface area contributed by atoms with Gasteiger partial charge in [0.2, 0.25) is 0 Å². The molecule has 2 aromatic rings. The van der Waals surface area contributed by atoms with Crippen molar-refractivity contribution in [2.75, 3.05) is 0 Å². The molecule has 2 rings (SSSR count). The average molecular weight is 223 g/mol. The summed E-state index contributed by atoms with van der Waals surface area (Å²) in [6, 6.07) is 7.02. The summed E-state index contributed by atoms with van der Waals surface area (Å²) in [5.41, 5.74) is 2.56. The van der Waals surface area contributed by atoms with Crippen molar-refractivity contribution in [3.63, 3.8) is 0 Å². The minimum Gasteiger partial charge on any atom is -0.295 e. The molecule has 1 N–H and O–H groups in total. The number of rotatable bonds is 1. The van der Waals surface area contributed by atoms with E-state index in [9.17, 15) is 4.79 Å². The molecule has 0 saturated carbocycles. The van der Waals surface area contributed by atoms with E-state index in [0.29, 0.717) is 5.02 Å². The van der Waals surface area contributed by atoms with Crippen LogP contribution in [0.15, 0.2) is 29.1 Å². The van der Waals surface area contributed by atoms with Gasteiger partial charge in [-0.15, -0.1) is 0 Å². The molecule has 0 bridgehead atoms. The third-order valence-electron chi connectivity index (χ3n) is 2.26. The van der Waals surface area contributed by atoms with E-state index in [1.54, 1.807) is 18.2 Å². The molecule has 0 aliphatic carbocycles. The van der Waals surface area contributed by atoms with Crippen LogP contribution in [0.5, 0.6) is 0 Å². The van der Waals surface area contributed by atoms with Crippen LogP contribution in [0, 0.1) is 13.8 Å².